The molecule has 0 aliphatic heterocycles. The molecule has 4 nitrogen and oxygen atoms in total. The molecular weight excluding hydrogens is 254 g/mol. The third-order valence-corrected chi connectivity index (χ3v) is 4.24. The van der Waals surface area contributed by atoms with Crippen LogP contribution in [0.25, 0.3) is 0 Å². The summed E-state index contributed by atoms with van der Waals surface area (Å²) < 4.78 is 0. The Hall–Kier alpha value is -1.39. The van der Waals surface area contributed by atoms with Gasteiger partial charge in [-0.25, -0.2) is 0 Å². The van der Waals surface area contributed by atoms with Crippen molar-refractivity contribution in [3.05, 3.63) is 33.4 Å². The molecule has 1 aromatic carbocycles. The van der Waals surface area contributed by atoms with Crippen molar-refractivity contribution in [1.82, 2.24) is 4.90 Å². The van der Waals surface area contributed by atoms with E-state index in [2.05, 4.69) is 6.92 Å². The fraction of sp³-hybridized carbons (Fsp3) is 0.562. The van der Waals surface area contributed by atoms with Gasteiger partial charge in [-0.3, -0.25) is 4.79 Å². The molecule has 0 saturated heterocycles. The number of carbonyl (C=O) groups is 1. The van der Waals surface area contributed by atoms with Crippen LogP contribution in [-0.4, -0.2) is 47.3 Å². The molecule has 0 aliphatic rings. The lowest BCUT2D eigenvalue weighted by Crippen LogP contribution is -2.37. The van der Waals surface area contributed by atoms with Gasteiger partial charge in [0.2, 0.25) is 0 Å². The summed E-state index contributed by atoms with van der Waals surface area (Å²) in [5.41, 5.74) is 6.14. The quantitative estimate of drug-likeness (QED) is 0.861. The minimum absolute atomic E-state index is 0.104. The van der Waals surface area contributed by atoms with E-state index in [-0.39, 0.29) is 32.2 Å². The Kier molecular flexibility index (Phi) is 5.72. The summed E-state index contributed by atoms with van der Waals surface area (Å²) in [5, 5.41) is 18.2. The molecule has 0 fully saturated rings. The van der Waals surface area contributed by atoms with Crippen LogP contribution in [0.2, 0.25) is 0 Å². The fourth-order valence-corrected chi connectivity index (χ4v) is 2.54. The minimum atomic E-state index is -0.116. The highest BCUT2D eigenvalue weighted by molar-refractivity contribution is 5.98. The summed E-state index contributed by atoms with van der Waals surface area (Å²) in [5.74, 6) is -0.116. The molecule has 0 atom stereocenters. The van der Waals surface area contributed by atoms with Crippen LogP contribution >= 0.6 is 0 Å². The molecule has 0 saturated carbocycles. The Morgan fingerprint density at radius 3 is 1.50 bits per heavy atom. The van der Waals surface area contributed by atoms with Gasteiger partial charge in [-0.05, 0) is 62.4 Å². The van der Waals surface area contributed by atoms with Crippen LogP contribution in [0.5, 0.6) is 0 Å². The zero-order valence-electron chi connectivity index (χ0n) is 13.1. The van der Waals surface area contributed by atoms with Crippen LogP contribution in [0.3, 0.4) is 0 Å². The average molecular weight is 279 g/mol. The van der Waals surface area contributed by atoms with Gasteiger partial charge in [0.15, 0.2) is 0 Å². The predicted octanol–water partition coefficient (Wildman–Crippen LogP) is 1.66. The summed E-state index contributed by atoms with van der Waals surface area (Å²) in [7, 11) is 0. The van der Waals surface area contributed by atoms with Crippen molar-refractivity contribution in [2.45, 2.75) is 34.6 Å². The molecule has 0 bridgehead atoms. The number of rotatable bonds is 5. The molecule has 20 heavy (non-hydrogen) atoms. The van der Waals surface area contributed by atoms with Crippen molar-refractivity contribution in [3.63, 3.8) is 0 Å². The monoisotopic (exact) mass is 279 g/mol. The first-order chi connectivity index (χ1) is 9.36. The molecule has 2 N–H and O–H groups in total. The first kappa shape index (κ1) is 16.7. The summed E-state index contributed by atoms with van der Waals surface area (Å²) in [6.45, 7) is 10.3. The molecule has 1 amide bonds. The van der Waals surface area contributed by atoms with Gasteiger partial charge in [0, 0.05) is 18.7 Å². The van der Waals surface area contributed by atoms with Crippen LogP contribution in [0.15, 0.2) is 0 Å². The molecule has 0 aromatic heterocycles. The molecule has 1 aromatic rings. The molecule has 4 heteroatoms. The van der Waals surface area contributed by atoms with E-state index in [0.717, 1.165) is 22.3 Å². The van der Waals surface area contributed by atoms with Gasteiger partial charge in [0.05, 0.1) is 13.2 Å². The normalized spacial score (nSPS) is 10.8. The largest absolute Gasteiger partial charge is 0.395 e. The fourth-order valence-electron chi connectivity index (χ4n) is 2.54. The van der Waals surface area contributed by atoms with Crippen LogP contribution in [0.1, 0.15) is 38.2 Å². The van der Waals surface area contributed by atoms with Crippen molar-refractivity contribution < 1.29 is 15.0 Å². The van der Waals surface area contributed by atoms with E-state index in [0.29, 0.717) is 5.56 Å². The highest BCUT2D eigenvalue weighted by Gasteiger charge is 2.22. The highest BCUT2D eigenvalue weighted by atomic mass is 16.3. The standard InChI is InChI=1S/C16H25NO3/c1-10-11(2)13(4)15(14(5)12(10)3)16(20)17(6-8-18)7-9-19/h18-19H,6-9H2,1-5H3. The molecule has 1 rings (SSSR count). The number of benzene rings is 1. The second-order valence-corrected chi connectivity index (χ2v) is 5.24. The van der Waals surface area contributed by atoms with Gasteiger partial charge in [0.25, 0.3) is 5.91 Å². The van der Waals surface area contributed by atoms with E-state index in [9.17, 15) is 4.79 Å². The Bertz CT molecular complexity index is 474. The second kappa shape index (κ2) is 6.86. The average Bonchev–Trinajstić information content (AvgIpc) is 2.43. The third kappa shape index (κ3) is 3.02. The topological polar surface area (TPSA) is 60.8 Å². The summed E-state index contributed by atoms with van der Waals surface area (Å²) in [6, 6.07) is 0. The van der Waals surface area contributed by atoms with E-state index < -0.39 is 0 Å². The lowest BCUT2D eigenvalue weighted by atomic mass is 9.89. The van der Waals surface area contributed by atoms with Gasteiger partial charge >= 0.3 is 0 Å². The summed E-state index contributed by atoms with van der Waals surface area (Å²) in [4.78, 5) is 14.2. The van der Waals surface area contributed by atoms with Crippen LogP contribution in [-0.2, 0) is 0 Å². The summed E-state index contributed by atoms with van der Waals surface area (Å²) >= 11 is 0. The number of carbonyl (C=O) groups excluding carboxylic acids is 1. The van der Waals surface area contributed by atoms with Crippen molar-refractivity contribution in [3.8, 4) is 0 Å². The maximum absolute atomic E-state index is 12.7. The van der Waals surface area contributed by atoms with Crippen molar-refractivity contribution >= 4 is 5.91 Å². The maximum atomic E-state index is 12.7. The summed E-state index contributed by atoms with van der Waals surface area (Å²) in [6.07, 6.45) is 0. The van der Waals surface area contributed by atoms with Gasteiger partial charge in [0.1, 0.15) is 0 Å². The van der Waals surface area contributed by atoms with E-state index in [1.165, 1.54) is 10.5 Å². The Morgan fingerprint density at radius 2 is 1.15 bits per heavy atom. The zero-order chi connectivity index (χ0) is 15.4. The Balaban J connectivity index is 3.34. The number of hydrogen-bond donors (Lipinski definition) is 2. The second-order valence-electron chi connectivity index (χ2n) is 5.24. The lowest BCUT2D eigenvalue weighted by Gasteiger charge is -2.25. The lowest BCUT2D eigenvalue weighted by molar-refractivity contribution is 0.0683. The van der Waals surface area contributed by atoms with Crippen molar-refractivity contribution in [2.24, 2.45) is 0 Å². The van der Waals surface area contributed by atoms with Crippen molar-refractivity contribution in [1.29, 1.82) is 0 Å². The molecule has 0 heterocycles. The minimum Gasteiger partial charge on any atom is -0.395 e. The van der Waals surface area contributed by atoms with Gasteiger partial charge < -0.3 is 15.1 Å². The van der Waals surface area contributed by atoms with E-state index in [1.54, 1.807) is 0 Å². The number of aliphatic hydroxyl groups excluding tert-OH is 2. The Labute approximate surface area is 121 Å². The smallest absolute Gasteiger partial charge is 0.254 e. The van der Waals surface area contributed by atoms with Crippen LogP contribution < -0.4 is 0 Å². The number of aliphatic hydroxyl groups is 2. The van der Waals surface area contributed by atoms with Crippen molar-refractivity contribution in [2.75, 3.05) is 26.3 Å². The first-order valence-electron chi connectivity index (χ1n) is 6.94. The van der Waals surface area contributed by atoms with Crippen LogP contribution in [0, 0.1) is 34.6 Å². The molecule has 0 radical (unpaired) electrons. The highest BCUT2D eigenvalue weighted by Crippen LogP contribution is 2.27. The molecule has 112 valence electrons. The maximum Gasteiger partial charge on any atom is 0.254 e. The van der Waals surface area contributed by atoms with Crippen LogP contribution in [0.4, 0.5) is 0 Å². The molecular formula is C16H25NO3. The molecule has 0 unspecified atom stereocenters. The van der Waals surface area contributed by atoms with Gasteiger partial charge in [-0.1, -0.05) is 0 Å². The Morgan fingerprint density at radius 1 is 0.800 bits per heavy atom. The molecule has 0 spiro atoms. The predicted molar refractivity (Wildman–Crippen MR) is 80.2 cm³/mol. The van der Waals surface area contributed by atoms with E-state index in [4.69, 9.17) is 10.2 Å². The van der Waals surface area contributed by atoms with Gasteiger partial charge in [-0.2, -0.15) is 0 Å². The number of nitrogens with zero attached hydrogens (tertiary/aromatic N) is 1. The third-order valence-electron chi connectivity index (χ3n) is 4.24. The molecule has 0 aliphatic carbocycles. The van der Waals surface area contributed by atoms with E-state index in [1.807, 2.05) is 27.7 Å². The SMILES string of the molecule is Cc1c(C)c(C)c(C(=O)N(CCO)CCO)c(C)c1C. The zero-order valence-corrected chi connectivity index (χ0v) is 13.1. The number of hydrogen-bond acceptors (Lipinski definition) is 3. The number of amides is 1. The first-order valence-corrected chi connectivity index (χ1v) is 6.94. The van der Waals surface area contributed by atoms with Gasteiger partial charge in [-0.15, -0.1) is 0 Å². The van der Waals surface area contributed by atoms with E-state index >= 15 is 0 Å².